The zero-order valence-corrected chi connectivity index (χ0v) is 12.4. The first-order valence-corrected chi connectivity index (χ1v) is 7.10. The highest BCUT2D eigenvalue weighted by Crippen LogP contribution is 2.24. The van der Waals surface area contributed by atoms with E-state index in [4.69, 9.17) is 9.47 Å². The molecule has 1 fully saturated rings. The van der Waals surface area contributed by atoms with Crippen molar-refractivity contribution in [1.82, 2.24) is 20.3 Å². The first-order valence-electron chi connectivity index (χ1n) is 7.10. The van der Waals surface area contributed by atoms with E-state index in [9.17, 15) is 0 Å². The highest BCUT2D eigenvalue weighted by Gasteiger charge is 2.25. The first-order chi connectivity index (χ1) is 9.78. The molecule has 1 aliphatic rings. The van der Waals surface area contributed by atoms with Gasteiger partial charge in [0.05, 0.1) is 14.2 Å². The lowest BCUT2D eigenvalue weighted by molar-refractivity contribution is 0.336. The van der Waals surface area contributed by atoms with E-state index in [1.165, 1.54) is 6.42 Å². The van der Waals surface area contributed by atoms with Crippen molar-refractivity contribution in [3.8, 4) is 12.0 Å². The molecule has 112 valence electrons. The van der Waals surface area contributed by atoms with E-state index >= 15 is 0 Å². The van der Waals surface area contributed by atoms with E-state index in [1.807, 2.05) is 0 Å². The molecule has 0 bridgehead atoms. The topological polar surface area (TPSA) is 72.4 Å². The molecule has 0 aliphatic carbocycles. The summed E-state index contributed by atoms with van der Waals surface area (Å²) in [5.41, 5.74) is 0. The summed E-state index contributed by atoms with van der Waals surface area (Å²) in [5.74, 6) is 0.635. The van der Waals surface area contributed by atoms with Crippen molar-refractivity contribution in [3.05, 3.63) is 0 Å². The Morgan fingerprint density at radius 3 is 2.45 bits per heavy atom. The maximum atomic E-state index is 5.12. The van der Waals surface area contributed by atoms with Gasteiger partial charge in [-0.15, -0.1) is 4.98 Å². The van der Waals surface area contributed by atoms with E-state index in [-0.39, 0.29) is 0 Å². The number of methoxy groups -OCH3 is 2. The maximum absolute atomic E-state index is 5.12. The zero-order valence-electron chi connectivity index (χ0n) is 12.4. The summed E-state index contributed by atoms with van der Waals surface area (Å²) in [5, 5.41) is 3.40. The van der Waals surface area contributed by atoms with Gasteiger partial charge in [-0.3, -0.25) is 0 Å². The van der Waals surface area contributed by atoms with E-state index < -0.39 is 0 Å². The van der Waals surface area contributed by atoms with Crippen LogP contribution in [0.5, 0.6) is 12.0 Å². The van der Waals surface area contributed by atoms with Gasteiger partial charge in [-0.1, -0.05) is 6.92 Å². The molecule has 0 radical (unpaired) electrons. The van der Waals surface area contributed by atoms with Crippen LogP contribution in [0.2, 0.25) is 0 Å². The standard InChI is InChI=1S/C13H23N5O2/c1-4-14-9-10-7-5-6-8-18(10)11-15-12(19-2)17-13(16-11)20-3/h10,14H,4-9H2,1-3H3. The summed E-state index contributed by atoms with van der Waals surface area (Å²) in [6.45, 7) is 4.97. The minimum Gasteiger partial charge on any atom is -0.467 e. The smallest absolute Gasteiger partial charge is 0.324 e. The van der Waals surface area contributed by atoms with Crippen molar-refractivity contribution in [2.75, 3.05) is 38.8 Å². The maximum Gasteiger partial charge on any atom is 0.324 e. The second-order valence-corrected chi connectivity index (χ2v) is 4.76. The van der Waals surface area contributed by atoms with Gasteiger partial charge in [0.2, 0.25) is 5.95 Å². The van der Waals surface area contributed by atoms with Gasteiger partial charge in [-0.2, -0.15) is 9.97 Å². The van der Waals surface area contributed by atoms with E-state index in [0.717, 1.165) is 32.5 Å². The number of piperidine rings is 1. The molecule has 20 heavy (non-hydrogen) atoms. The summed E-state index contributed by atoms with van der Waals surface area (Å²) >= 11 is 0. The van der Waals surface area contributed by atoms with Gasteiger partial charge < -0.3 is 19.7 Å². The van der Waals surface area contributed by atoms with Gasteiger partial charge in [0.15, 0.2) is 0 Å². The van der Waals surface area contributed by atoms with Crippen LogP contribution in [-0.4, -0.2) is 54.8 Å². The fourth-order valence-electron chi connectivity index (χ4n) is 2.43. The van der Waals surface area contributed by atoms with Crippen molar-refractivity contribution in [2.45, 2.75) is 32.2 Å². The van der Waals surface area contributed by atoms with E-state index in [2.05, 4.69) is 32.1 Å². The minimum atomic E-state index is 0.291. The Bertz CT molecular complexity index is 407. The van der Waals surface area contributed by atoms with E-state index in [1.54, 1.807) is 14.2 Å². The highest BCUT2D eigenvalue weighted by molar-refractivity contribution is 5.34. The predicted molar refractivity (Wildman–Crippen MR) is 76.5 cm³/mol. The Balaban J connectivity index is 2.21. The molecule has 7 nitrogen and oxygen atoms in total. The number of hydrogen-bond donors (Lipinski definition) is 1. The van der Waals surface area contributed by atoms with Crippen LogP contribution in [0.1, 0.15) is 26.2 Å². The molecule has 1 unspecified atom stereocenters. The van der Waals surface area contributed by atoms with Crippen LogP contribution in [0.3, 0.4) is 0 Å². The Kier molecular flexibility index (Phi) is 5.34. The fraction of sp³-hybridized carbons (Fsp3) is 0.769. The van der Waals surface area contributed by atoms with Gasteiger partial charge in [-0.25, -0.2) is 0 Å². The number of likely N-dealkylation sites (N-methyl/N-ethyl adjacent to an activating group) is 1. The third-order valence-corrected chi connectivity index (χ3v) is 3.46. The average molecular weight is 281 g/mol. The Morgan fingerprint density at radius 2 is 1.85 bits per heavy atom. The Morgan fingerprint density at radius 1 is 1.15 bits per heavy atom. The molecule has 1 atom stereocenters. The lowest BCUT2D eigenvalue weighted by Crippen LogP contribution is -2.46. The molecule has 0 amide bonds. The monoisotopic (exact) mass is 281 g/mol. The van der Waals surface area contributed by atoms with Crippen molar-refractivity contribution in [1.29, 1.82) is 0 Å². The summed E-state index contributed by atoms with van der Waals surface area (Å²) < 4.78 is 10.2. The molecular formula is C13H23N5O2. The lowest BCUT2D eigenvalue weighted by atomic mass is 10.0. The number of hydrogen-bond acceptors (Lipinski definition) is 7. The second kappa shape index (κ2) is 7.23. The normalized spacial score (nSPS) is 18.9. The number of nitrogens with one attached hydrogen (secondary N) is 1. The summed E-state index contributed by atoms with van der Waals surface area (Å²) in [6, 6.07) is 0.986. The molecule has 0 saturated carbocycles. The molecule has 0 aromatic carbocycles. The summed E-state index contributed by atoms with van der Waals surface area (Å²) in [7, 11) is 3.09. The molecule has 2 rings (SSSR count). The van der Waals surface area contributed by atoms with Crippen LogP contribution in [0.25, 0.3) is 0 Å². The van der Waals surface area contributed by atoms with E-state index in [0.29, 0.717) is 24.0 Å². The highest BCUT2D eigenvalue weighted by atomic mass is 16.5. The van der Waals surface area contributed by atoms with Crippen LogP contribution in [0.15, 0.2) is 0 Å². The van der Waals surface area contributed by atoms with Crippen LogP contribution >= 0.6 is 0 Å². The van der Waals surface area contributed by atoms with Crippen LogP contribution < -0.4 is 19.7 Å². The molecular weight excluding hydrogens is 258 g/mol. The summed E-state index contributed by atoms with van der Waals surface area (Å²) in [4.78, 5) is 15.0. The van der Waals surface area contributed by atoms with Crippen molar-refractivity contribution >= 4 is 5.95 Å². The molecule has 2 heterocycles. The SMILES string of the molecule is CCNCC1CCCCN1c1nc(OC)nc(OC)n1. The van der Waals surface area contributed by atoms with Crippen LogP contribution in [-0.2, 0) is 0 Å². The molecule has 1 N–H and O–H groups in total. The number of rotatable bonds is 6. The van der Waals surface area contributed by atoms with Gasteiger partial charge in [0, 0.05) is 19.1 Å². The third kappa shape index (κ3) is 3.47. The van der Waals surface area contributed by atoms with Gasteiger partial charge >= 0.3 is 12.0 Å². The molecule has 1 aromatic rings. The van der Waals surface area contributed by atoms with Crippen molar-refractivity contribution in [2.24, 2.45) is 0 Å². The number of nitrogens with zero attached hydrogens (tertiary/aromatic N) is 4. The predicted octanol–water partition coefficient (Wildman–Crippen LogP) is 0.857. The van der Waals surface area contributed by atoms with Gasteiger partial charge in [0.25, 0.3) is 0 Å². The molecule has 1 aromatic heterocycles. The molecule has 1 saturated heterocycles. The number of ether oxygens (including phenoxy) is 2. The van der Waals surface area contributed by atoms with Crippen molar-refractivity contribution < 1.29 is 9.47 Å². The van der Waals surface area contributed by atoms with Crippen LogP contribution in [0, 0.1) is 0 Å². The quantitative estimate of drug-likeness (QED) is 0.829. The molecule has 0 spiro atoms. The second-order valence-electron chi connectivity index (χ2n) is 4.76. The Hall–Kier alpha value is -1.63. The zero-order chi connectivity index (χ0) is 14.4. The average Bonchev–Trinajstić information content (AvgIpc) is 2.52. The van der Waals surface area contributed by atoms with Gasteiger partial charge in [-0.05, 0) is 25.8 Å². The lowest BCUT2D eigenvalue weighted by Gasteiger charge is -2.35. The Labute approximate surface area is 119 Å². The van der Waals surface area contributed by atoms with Crippen LogP contribution in [0.4, 0.5) is 5.95 Å². The fourth-order valence-corrected chi connectivity index (χ4v) is 2.43. The minimum absolute atomic E-state index is 0.291. The molecule has 7 heteroatoms. The molecule has 1 aliphatic heterocycles. The summed E-state index contributed by atoms with van der Waals surface area (Å²) in [6.07, 6.45) is 3.54. The van der Waals surface area contributed by atoms with Crippen molar-refractivity contribution in [3.63, 3.8) is 0 Å². The third-order valence-electron chi connectivity index (χ3n) is 3.46. The largest absolute Gasteiger partial charge is 0.467 e. The number of anilines is 1. The number of aromatic nitrogens is 3. The first kappa shape index (κ1) is 14.8. The van der Waals surface area contributed by atoms with Gasteiger partial charge in [0.1, 0.15) is 0 Å².